The lowest BCUT2D eigenvalue weighted by molar-refractivity contribution is 0.102. The van der Waals surface area contributed by atoms with Gasteiger partial charge in [-0.2, -0.15) is 5.10 Å². The second kappa shape index (κ2) is 8.46. The molecule has 3 aromatic rings. The van der Waals surface area contributed by atoms with Crippen molar-refractivity contribution in [2.24, 2.45) is 0 Å². The molecule has 2 N–H and O–H groups in total. The Labute approximate surface area is 173 Å². The van der Waals surface area contributed by atoms with Crippen molar-refractivity contribution in [2.75, 3.05) is 18.7 Å². The number of methoxy groups -OCH3 is 1. The van der Waals surface area contributed by atoms with E-state index in [0.717, 1.165) is 6.07 Å². The van der Waals surface area contributed by atoms with E-state index < -0.39 is 21.5 Å². The number of ether oxygens (including phenoxy) is 2. The fraction of sp³-hybridized carbons (Fsp3) is 0.150. The van der Waals surface area contributed by atoms with Crippen LogP contribution in [-0.2, 0) is 9.73 Å². The fourth-order valence-electron chi connectivity index (χ4n) is 2.56. The average molecular weight is 430 g/mol. The lowest BCUT2D eigenvalue weighted by Gasteiger charge is -2.13. The molecule has 1 unspecified atom stereocenters. The third-order valence-electron chi connectivity index (χ3n) is 4.00. The number of anilines is 1. The van der Waals surface area contributed by atoms with Crippen molar-refractivity contribution in [1.82, 2.24) is 10.2 Å². The van der Waals surface area contributed by atoms with E-state index >= 15 is 0 Å². The number of benzene rings is 2. The Hall–Kier alpha value is -3.53. The maximum absolute atomic E-state index is 13.4. The first-order valence-corrected chi connectivity index (χ1v) is 10.6. The molecule has 0 aliphatic heterocycles. The molecular formula is C20H19FN4O4S. The van der Waals surface area contributed by atoms with E-state index in [-0.39, 0.29) is 27.8 Å². The summed E-state index contributed by atoms with van der Waals surface area (Å²) in [6.45, 7) is 1.67. The van der Waals surface area contributed by atoms with E-state index in [9.17, 15) is 13.4 Å². The molecule has 1 aromatic heterocycles. The third-order valence-corrected chi connectivity index (χ3v) is 5.15. The number of amides is 1. The van der Waals surface area contributed by atoms with Crippen LogP contribution >= 0.6 is 0 Å². The van der Waals surface area contributed by atoms with Gasteiger partial charge in [0.05, 0.1) is 22.5 Å². The van der Waals surface area contributed by atoms with Crippen LogP contribution in [0.3, 0.4) is 0 Å². The minimum atomic E-state index is -2.94. The molecule has 0 radical (unpaired) electrons. The molecule has 0 spiro atoms. The summed E-state index contributed by atoms with van der Waals surface area (Å²) in [5.41, 5.74) is 0.927. The topological polar surface area (TPSA) is 114 Å². The standard InChI is InChI=1S/C20H19FN4O4S/c1-12-9-16(19(26)23-14-5-4-6-15(11-14)30(3,22)27)20(25-24-12)29-17-8-7-13(21)10-18(17)28-2/h4-11,22H,1-3H3,(H,23,26). The van der Waals surface area contributed by atoms with Gasteiger partial charge in [-0.1, -0.05) is 6.07 Å². The van der Waals surface area contributed by atoms with Gasteiger partial charge in [0.25, 0.3) is 11.8 Å². The molecule has 0 fully saturated rings. The fourth-order valence-corrected chi connectivity index (χ4v) is 3.25. The lowest BCUT2D eigenvalue weighted by atomic mass is 10.2. The SMILES string of the molecule is COc1cc(F)ccc1Oc1nnc(C)cc1C(=O)Nc1cccc(S(C)(=N)=O)c1. The van der Waals surface area contributed by atoms with Crippen LogP contribution in [0.15, 0.2) is 53.4 Å². The van der Waals surface area contributed by atoms with E-state index in [1.54, 1.807) is 25.1 Å². The van der Waals surface area contributed by atoms with Crippen LogP contribution in [0.2, 0.25) is 0 Å². The minimum Gasteiger partial charge on any atom is -0.493 e. The van der Waals surface area contributed by atoms with E-state index in [4.69, 9.17) is 14.3 Å². The van der Waals surface area contributed by atoms with Gasteiger partial charge in [-0.3, -0.25) is 4.79 Å². The predicted octanol–water partition coefficient (Wildman–Crippen LogP) is 4.01. The highest BCUT2D eigenvalue weighted by Crippen LogP contribution is 2.32. The second-order valence-corrected chi connectivity index (χ2v) is 8.59. The van der Waals surface area contributed by atoms with Gasteiger partial charge in [0.15, 0.2) is 11.5 Å². The van der Waals surface area contributed by atoms with Crippen LogP contribution in [0, 0.1) is 17.5 Å². The minimum absolute atomic E-state index is 0.0855. The molecule has 0 saturated carbocycles. The zero-order valence-electron chi connectivity index (χ0n) is 16.4. The molecule has 0 aliphatic rings. The van der Waals surface area contributed by atoms with Crippen molar-refractivity contribution in [1.29, 1.82) is 4.78 Å². The lowest BCUT2D eigenvalue weighted by Crippen LogP contribution is -2.15. The first kappa shape index (κ1) is 21.2. The van der Waals surface area contributed by atoms with E-state index in [1.807, 2.05) is 0 Å². The zero-order valence-corrected chi connectivity index (χ0v) is 17.2. The van der Waals surface area contributed by atoms with Gasteiger partial charge in [-0.05, 0) is 43.3 Å². The number of nitrogens with one attached hydrogen (secondary N) is 2. The van der Waals surface area contributed by atoms with Gasteiger partial charge in [0.1, 0.15) is 11.4 Å². The number of rotatable bonds is 6. The highest BCUT2D eigenvalue weighted by molar-refractivity contribution is 7.91. The van der Waals surface area contributed by atoms with Crippen molar-refractivity contribution < 1.29 is 22.9 Å². The molecule has 3 rings (SSSR count). The molecule has 1 amide bonds. The van der Waals surface area contributed by atoms with Crippen LogP contribution in [0.5, 0.6) is 17.4 Å². The smallest absolute Gasteiger partial charge is 0.261 e. The molecule has 0 aliphatic carbocycles. The van der Waals surface area contributed by atoms with Gasteiger partial charge >= 0.3 is 0 Å². The Morgan fingerprint density at radius 3 is 2.60 bits per heavy atom. The molecule has 2 aromatic carbocycles. The molecule has 156 valence electrons. The molecule has 10 heteroatoms. The summed E-state index contributed by atoms with van der Waals surface area (Å²) in [5, 5.41) is 10.5. The number of aromatic nitrogens is 2. The van der Waals surface area contributed by atoms with Crippen molar-refractivity contribution in [3.05, 3.63) is 65.6 Å². The summed E-state index contributed by atoms with van der Waals surface area (Å²) in [6.07, 6.45) is 1.30. The van der Waals surface area contributed by atoms with Gasteiger partial charge < -0.3 is 14.8 Å². The maximum Gasteiger partial charge on any atom is 0.261 e. The Kier molecular flexibility index (Phi) is 5.97. The van der Waals surface area contributed by atoms with Gasteiger partial charge in [-0.15, -0.1) is 5.10 Å². The number of aryl methyl sites for hydroxylation is 1. The van der Waals surface area contributed by atoms with Crippen molar-refractivity contribution in [3.8, 4) is 17.4 Å². The molecule has 8 nitrogen and oxygen atoms in total. The first-order valence-electron chi connectivity index (χ1n) is 8.68. The summed E-state index contributed by atoms with van der Waals surface area (Å²) in [5.74, 6) is -0.862. The molecule has 0 saturated heterocycles. The number of carbonyl (C=O) groups excluding carboxylic acids is 1. The second-order valence-electron chi connectivity index (χ2n) is 6.43. The van der Waals surface area contributed by atoms with Crippen LogP contribution in [0.25, 0.3) is 0 Å². The normalized spacial score (nSPS) is 12.7. The van der Waals surface area contributed by atoms with Crippen LogP contribution in [0.1, 0.15) is 16.1 Å². The molecule has 30 heavy (non-hydrogen) atoms. The van der Waals surface area contributed by atoms with Crippen molar-refractivity contribution in [3.63, 3.8) is 0 Å². The van der Waals surface area contributed by atoms with E-state index in [2.05, 4.69) is 15.5 Å². The summed E-state index contributed by atoms with van der Waals surface area (Å²) < 4.78 is 43.9. The highest BCUT2D eigenvalue weighted by atomic mass is 32.2. The first-order chi connectivity index (χ1) is 14.2. The largest absolute Gasteiger partial charge is 0.493 e. The number of nitrogens with zero attached hydrogens (tertiary/aromatic N) is 2. The molecular weight excluding hydrogens is 411 g/mol. The number of hydrogen-bond donors (Lipinski definition) is 2. The molecule has 0 bridgehead atoms. The number of halogens is 1. The van der Waals surface area contributed by atoms with Crippen molar-refractivity contribution in [2.45, 2.75) is 11.8 Å². The Morgan fingerprint density at radius 2 is 1.90 bits per heavy atom. The summed E-state index contributed by atoms with van der Waals surface area (Å²) in [6, 6.07) is 11.4. The summed E-state index contributed by atoms with van der Waals surface area (Å²) >= 11 is 0. The van der Waals surface area contributed by atoms with Crippen molar-refractivity contribution >= 4 is 21.3 Å². The summed E-state index contributed by atoms with van der Waals surface area (Å²) in [4.78, 5) is 13.2. The Bertz CT molecular complexity index is 1220. The number of carbonyl (C=O) groups is 1. The van der Waals surface area contributed by atoms with Gasteiger partial charge in [0, 0.05) is 22.9 Å². The van der Waals surface area contributed by atoms with E-state index in [0.29, 0.717) is 11.4 Å². The van der Waals surface area contributed by atoms with Gasteiger partial charge in [-0.25, -0.2) is 13.4 Å². The predicted molar refractivity (Wildman–Crippen MR) is 109 cm³/mol. The molecule has 1 atom stereocenters. The molecule has 1 heterocycles. The van der Waals surface area contributed by atoms with Crippen LogP contribution < -0.4 is 14.8 Å². The quantitative estimate of drug-likeness (QED) is 0.611. The summed E-state index contributed by atoms with van der Waals surface area (Å²) in [7, 11) is -1.57. The van der Waals surface area contributed by atoms with Crippen LogP contribution in [0.4, 0.5) is 10.1 Å². The Morgan fingerprint density at radius 1 is 1.13 bits per heavy atom. The average Bonchev–Trinajstić information content (AvgIpc) is 2.70. The zero-order chi connectivity index (χ0) is 21.9. The van der Waals surface area contributed by atoms with E-state index in [1.165, 1.54) is 37.6 Å². The third kappa shape index (κ3) is 4.90. The van der Waals surface area contributed by atoms with Crippen LogP contribution in [-0.4, -0.2) is 33.7 Å². The van der Waals surface area contributed by atoms with Gasteiger partial charge in [0.2, 0.25) is 0 Å². The highest BCUT2D eigenvalue weighted by Gasteiger charge is 2.19. The monoisotopic (exact) mass is 430 g/mol. The number of hydrogen-bond acceptors (Lipinski definition) is 7. The Balaban J connectivity index is 1.93. The maximum atomic E-state index is 13.4.